The lowest BCUT2D eigenvalue weighted by molar-refractivity contribution is -0.145. The van der Waals surface area contributed by atoms with E-state index in [9.17, 15) is 9.90 Å². The Morgan fingerprint density at radius 3 is 2.36 bits per heavy atom. The fourth-order valence-corrected chi connectivity index (χ4v) is 2.43. The topological polar surface area (TPSA) is 46.5 Å². The lowest BCUT2D eigenvalue weighted by atomic mass is 10.00. The predicted octanol–water partition coefficient (Wildman–Crippen LogP) is 3.94. The maximum atomic E-state index is 11.5. The molecule has 0 bridgehead atoms. The SMILES string of the molecule is CCc1ccccc1CC(Oc1ccc(C)c(C)c1)C(=O)O. The first-order valence-corrected chi connectivity index (χ1v) is 7.54. The Bertz CT molecular complexity index is 661. The maximum Gasteiger partial charge on any atom is 0.345 e. The molecule has 0 aliphatic carbocycles. The van der Waals surface area contributed by atoms with Crippen LogP contribution >= 0.6 is 0 Å². The molecule has 0 fully saturated rings. The van der Waals surface area contributed by atoms with Crippen LogP contribution in [-0.4, -0.2) is 17.2 Å². The quantitative estimate of drug-likeness (QED) is 0.878. The predicted molar refractivity (Wildman–Crippen MR) is 87.5 cm³/mol. The molecule has 0 saturated heterocycles. The Kier molecular flexibility index (Phi) is 5.21. The molecule has 1 N–H and O–H groups in total. The van der Waals surface area contributed by atoms with E-state index in [0.717, 1.165) is 28.7 Å². The van der Waals surface area contributed by atoms with Gasteiger partial charge in [0.25, 0.3) is 0 Å². The molecule has 0 aromatic heterocycles. The van der Waals surface area contributed by atoms with Crippen LogP contribution in [-0.2, 0) is 17.6 Å². The van der Waals surface area contributed by atoms with E-state index < -0.39 is 12.1 Å². The molecule has 0 amide bonds. The Morgan fingerprint density at radius 2 is 1.77 bits per heavy atom. The van der Waals surface area contributed by atoms with Gasteiger partial charge in [0, 0.05) is 6.42 Å². The molecule has 0 saturated carbocycles. The van der Waals surface area contributed by atoms with Gasteiger partial charge in [0.2, 0.25) is 0 Å². The molecule has 3 heteroatoms. The normalized spacial score (nSPS) is 12.0. The summed E-state index contributed by atoms with van der Waals surface area (Å²) in [5, 5.41) is 9.46. The fraction of sp³-hybridized carbons (Fsp3) is 0.316. The minimum atomic E-state index is -0.941. The number of hydrogen-bond donors (Lipinski definition) is 1. The number of hydrogen-bond acceptors (Lipinski definition) is 2. The lowest BCUT2D eigenvalue weighted by Crippen LogP contribution is -2.29. The zero-order valence-corrected chi connectivity index (χ0v) is 13.3. The second kappa shape index (κ2) is 7.12. The Labute approximate surface area is 131 Å². The number of benzene rings is 2. The molecule has 0 aliphatic rings. The van der Waals surface area contributed by atoms with E-state index >= 15 is 0 Å². The number of aryl methyl sites for hydroxylation is 3. The van der Waals surface area contributed by atoms with Crippen molar-refractivity contribution in [3.63, 3.8) is 0 Å². The van der Waals surface area contributed by atoms with Gasteiger partial charge in [0.05, 0.1) is 0 Å². The van der Waals surface area contributed by atoms with E-state index in [-0.39, 0.29) is 0 Å². The largest absolute Gasteiger partial charge is 0.478 e. The van der Waals surface area contributed by atoms with Crippen molar-refractivity contribution >= 4 is 5.97 Å². The second-order valence-electron chi connectivity index (χ2n) is 5.52. The molecule has 0 radical (unpaired) electrons. The number of carboxylic acids is 1. The van der Waals surface area contributed by atoms with Crippen LogP contribution in [0.15, 0.2) is 42.5 Å². The average molecular weight is 298 g/mol. The number of aliphatic carboxylic acids is 1. The summed E-state index contributed by atoms with van der Waals surface area (Å²) in [4.78, 5) is 11.5. The van der Waals surface area contributed by atoms with Crippen LogP contribution < -0.4 is 4.74 Å². The summed E-state index contributed by atoms with van der Waals surface area (Å²) in [6.07, 6.45) is 0.369. The molecule has 2 rings (SSSR count). The van der Waals surface area contributed by atoms with Crippen molar-refractivity contribution in [2.45, 2.75) is 39.7 Å². The molecule has 22 heavy (non-hydrogen) atoms. The molecular weight excluding hydrogens is 276 g/mol. The molecular formula is C19H22O3. The molecule has 2 aromatic rings. The number of ether oxygens (including phenoxy) is 1. The van der Waals surface area contributed by atoms with Crippen molar-refractivity contribution in [3.8, 4) is 5.75 Å². The Balaban J connectivity index is 2.20. The minimum Gasteiger partial charge on any atom is -0.478 e. The first-order chi connectivity index (χ1) is 10.5. The van der Waals surface area contributed by atoms with Crippen molar-refractivity contribution in [1.29, 1.82) is 0 Å². The monoisotopic (exact) mass is 298 g/mol. The van der Waals surface area contributed by atoms with E-state index in [1.54, 1.807) is 0 Å². The molecule has 116 valence electrons. The van der Waals surface area contributed by atoms with E-state index in [2.05, 4.69) is 6.92 Å². The zero-order chi connectivity index (χ0) is 16.1. The van der Waals surface area contributed by atoms with Gasteiger partial charge in [-0.1, -0.05) is 37.3 Å². The second-order valence-corrected chi connectivity index (χ2v) is 5.52. The average Bonchev–Trinajstić information content (AvgIpc) is 2.50. The first kappa shape index (κ1) is 16.1. The van der Waals surface area contributed by atoms with Gasteiger partial charge in [-0.15, -0.1) is 0 Å². The third kappa shape index (κ3) is 3.88. The third-order valence-corrected chi connectivity index (χ3v) is 3.94. The van der Waals surface area contributed by atoms with Crippen LogP contribution in [0.25, 0.3) is 0 Å². The lowest BCUT2D eigenvalue weighted by Gasteiger charge is -2.17. The van der Waals surface area contributed by atoms with Crippen LogP contribution in [0.3, 0.4) is 0 Å². The highest BCUT2D eigenvalue weighted by Crippen LogP contribution is 2.20. The molecule has 0 heterocycles. The van der Waals surface area contributed by atoms with Crippen molar-refractivity contribution in [1.82, 2.24) is 0 Å². The molecule has 1 unspecified atom stereocenters. The van der Waals surface area contributed by atoms with Gasteiger partial charge in [-0.3, -0.25) is 0 Å². The highest BCUT2D eigenvalue weighted by Gasteiger charge is 2.21. The highest BCUT2D eigenvalue weighted by molar-refractivity contribution is 5.73. The summed E-state index contributed by atoms with van der Waals surface area (Å²) < 4.78 is 5.72. The standard InChI is InChI=1S/C19H22O3/c1-4-15-7-5-6-8-16(15)12-18(19(20)21)22-17-10-9-13(2)14(3)11-17/h5-11,18H,4,12H2,1-3H3,(H,20,21). The maximum absolute atomic E-state index is 11.5. The van der Waals surface area contributed by atoms with E-state index in [0.29, 0.717) is 12.2 Å². The van der Waals surface area contributed by atoms with Gasteiger partial charge in [0.15, 0.2) is 6.10 Å². The highest BCUT2D eigenvalue weighted by atomic mass is 16.5. The Morgan fingerprint density at radius 1 is 1.09 bits per heavy atom. The number of carboxylic acid groups (broad SMARTS) is 1. The Hall–Kier alpha value is -2.29. The van der Waals surface area contributed by atoms with E-state index in [4.69, 9.17) is 4.74 Å². The summed E-state index contributed by atoms with van der Waals surface area (Å²) in [5.74, 6) is -0.339. The molecule has 0 spiro atoms. The van der Waals surface area contributed by atoms with Crippen LogP contribution in [0.5, 0.6) is 5.75 Å². The van der Waals surface area contributed by atoms with Crippen molar-refractivity contribution in [2.24, 2.45) is 0 Å². The van der Waals surface area contributed by atoms with Gasteiger partial charge in [-0.25, -0.2) is 4.79 Å². The number of carbonyl (C=O) groups is 1. The van der Waals surface area contributed by atoms with Gasteiger partial charge in [-0.05, 0) is 54.7 Å². The van der Waals surface area contributed by atoms with Gasteiger partial charge >= 0.3 is 5.97 Å². The van der Waals surface area contributed by atoms with Crippen LogP contribution in [0.1, 0.15) is 29.2 Å². The summed E-state index contributed by atoms with van der Waals surface area (Å²) in [5.41, 5.74) is 4.45. The molecule has 1 atom stereocenters. The van der Waals surface area contributed by atoms with Crippen LogP contribution in [0.2, 0.25) is 0 Å². The first-order valence-electron chi connectivity index (χ1n) is 7.54. The van der Waals surface area contributed by atoms with Crippen molar-refractivity contribution < 1.29 is 14.6 Å². The van der Waals surface area contributed by atoms with Gasteiger partial charge in [0.1, 0.15) is 5.75 Å². The summed E-state index contributed by atoms with van der Waals surface area (Å²) >= 11 is 0. The minimum absolute atomic E-state index is 0.367. The van der Waals surface area contributed by atoms with E-state index in [1.807, 2.05) is 56.3 Å². The summed E-state index contributed by atoms with van der Waals surface area (Å²) in [6, 6.07) is 13.6. The zero-order valence-electron chi connectivity index (χ0n) is 13.3. The van der Waals surface area contributed by atoms with Crippen LogP contribution in [0, 0.1) is 13.8 Å². The molecule has 3 nitrogen and oxygen atoms in total. The number of rotatable bonds is 6. The molecule has 0 aliphatic heterocycles. The summed E-state index contributed by atoms with van der Waals surface area (Å²) in [6.45, 7) is 6.08. The molecule has 2 aromatic carbocycles. The van der Waals surface area contributed by atoms with Crippen molar-refractivity contribution in [3.05, 3.63) is 64.7 Å². The van der Waals surface area contributed by atoms with Crippen LogP contribution in [0.4, 0.5) is 0 Å². The third-order valence-electron chi connectivity index (χ3n) is 3.94. The summed E-state index contributed by atoms with van der Waals surface area (Å²) in [7, 11) is 0. The smallest absolute Gasteiger partial charge is 0.345 e. The van der Waals surface area contributed by atoms with Gasteiger partial charge in [-0.2, -0.15) is 0 Å². The van der Waals surface area contributed by atoms with Gasteiger partial charge < -0.3 is 9.84 Å². The van der Waals surface area contributed by atoms with Crippen molar-refractivity contribution in [2.75, 3.05) is 0 Å². The van der Waals surface area contributed by atoms with E-state index in [1.165, 1.54) is 0 Å². The fourth-order valence-electron chi connectivity index (χ4n) is 2.43.